The Kier molecular flexibility index (Phi) is 9.61. The Morgan fingerprint density at radius 1 is 1.12 bits per heavy atom. The van der Waals surface area contributed by atoms with Crippen molar-refractivity contribution in [1.82, 2.24) is 35.4 Å². The van der Waals surface area contributed by atoms with Crippen LogP contribution in [-0.2, 0) is 37.2 Å². The van der Waals surface area contributed by atoms with Crippen molar-refractivity contribution in [2.75, 3.05) is 13.7 Å². The molecule has 3 aromatic rings. The van der Waals surface area contributed by atoms with Crippen LogP contribution in [0.2, 0.25) is 0 Å². The third-order valence-electron chi connectivity index (χ3n) is 12.5. The molecule has 8 rings (SSSR count). The van der Waals surface area contributed by atoms with Crippen molar-refractivity contribution in [3.63, 3.8) is 0 Å². The van der Waals surface area contributed by atoms with E-state index in [-0.39, 0.29) is 24.9 Å². The van der Waals surface area contributed by atoms with Gasteiger partial charge in [0.05, 0.1) is 41.4 Å². The quantitative estimate of drug-likeness (QED) is 0.257. The molecule has 16 heteroatoms. The van der Waals surface area contributed by atoms with Gasteiger partial charge in [-0.05, 0) is 82.9 Å². The van der Waals surface area contributed by atoms with Crippen LogP contribution < -0.4 is 24.8 Å². The molecule has 1 spiro atoms. The molecule has 2 aliphatic carbocycles. The summed E-state index contributed by atoms with van der Waals surface area (Å²) in [6.45, 7) is 3.65. The summed E-state index contributed by atoms with van der Waals surface area (Å²) >= 11 is 0. The van der Waals surface area contributed by atoms with E-state index in [1.807, 2.05) is 37.3 Å². The molecule has 0 radical (unpaired) electrons. The summed E-state index contributed by atoms with van der Waals surface area (Å²) in [5.41, 5.74) is 0.328. The van der Waals surface area contributed by atoms with E-state index in [4.69, 9.17) is 14.5 Å². The molecule has 15 nitrogen and oxygen atoms in total. The number of benzene rings is 1. The lowest BCUT2D eigenvalue weighted by atomic mass is 9.87. The fourth-order valence-electron chi connectivity index (χ4n) is 8.56. The van der Waals surface area contributed by atoms with Crippen LogP contribution in [-0.4, -0.2) is 93.8 Å². The van der Waals surface area contributed by atoms with E-state index >= 15 is 0 Å². The van der Waals surface area contributed by atoms with Gasteiger partial charge >= 0.3 is 0 Å². The van der Waals surface area contributed by atoms with Gasteiger partial charge in [0.15, 0.2) is 0 Å². The summed E-state index contributed by atoms with van der Waals surface area (Å²) in [5, 5.41) is 13.3. The molecule has 0 bridgehead atoms. The molecular formula is C40H49N7O8S. The summed E-state index contributed by atoms with van der Waals surface area (Å²) in [6, 6.07) is 3.69. The van der Waals surface area contributed by atoms with Crippen LogP contribution >= 0.6 is 0 Å². The maximum Gasteiger partial charge on any atom is 0.259 e. The zero-order chi connectivity index (χ0) is 39.5. The highest BCUT2D eigenvalue weighted by Gasteiger charge is 2.64. The van der Waals surface area contributed by atoms with E-state index in [0.717, 1.165) is 35.0 Å². The molecule has 2 aromatic heterocycles. The largest absolute Gasteiger partial charge is 0.497 e. The lowest BCUT2D eigenvalue weighted by molar-refractivity contribution is -0.141. The first-order chi connectivity index (χ1) is 26.8. The molecule has 5 atom stereocenters. The number of nitrogens with one attached hydrogen (secondary N) is 4. The second-order valence-electron chi connectivity index (χ2n) is 16.3. The van der Waals surface area contributed by atoms with Crippen molar-refractivity contribution in [2.24, 2.45) is 5.92 Å². The van der Waals surface area contributed by atoms with E-state index in [1.54, 1.807) is 14.0 Å². The topological polar surface area (TPSA) is 202 Å². The lowest BCUT2D eigenvalue weighted by Crippen LogP contribution is -2.58. The van der Waals surface area contributed by atoms with Crippen LogP contribution in [0.4, 0.5) is 0 Å². The maximum atomic E-state index is 14.8. The zero-order valence-electron chi connectivity index (χ0n) is 32.0. The number of nitrogens with zero attached hydrogens (tertiary/aromatic N) is 3. The second kappa shape index (κ2) is 14.2. The average Bonchev–Trinajstić information content (AvgIpc) is 3.96. The number of carbonyl (C=O) groups excluding carboxylic acids is 4. The summed E-state index contributed by atoms with van der Waals surface area (Å²) in [4.78, 5) is 63.3. The van der Waals surface area contributed by atoms with Gasteiger partial charge in [0.2, 0.25) is 21.8 Å². The minimum atomic E-state index is -3.99. The Bertz CT molecular complexity index is 2220. The highest BCUT2D eigenvalue weighted by atomic mass is 32.2. The van der Waals surface area contributed by atoms with Gasteiger partial charge in [0.1, 0.15) is 34.7 Å². The predicted molar refractivity (Wildman–Crippen MR) is 205 cm³/mol. The van der Waals surface area contributed by atoms with Gasteiger partial charge in [-0.2, -0.15) is 5.10 Å². The number of H-pyrrole nitrogens is 1. The fourth-order valence-corrected chi connectivity index (χ4v) is 9.87. The molecule has 5 aliphatic rings. The highest BCUT2D eigenvalue weighted by molar-refractivity contribution is 7.91. The number of aryl methyl sites for hydroxylation is 2. The normalized spacial score (nSPS) is 28.5. The number of carbonyl (C=O) groups is 4. The molecule has 1 aromatic carbocycles. The number of rotatable bonds is 7. The SMILES string of the molecule is CCc1nc2ccc(OC)cc2c2c1OC1(CC2)CC2C(=O)NC3(C(=O)NS(=O)(=O)C4(C)CC4)CC3C=CCCCCCC(NC(=O)c3cn[nH]c3)C(=O)N2C1. The Morgan fingerprint density at radius 3 is 2.68 bits per heavy atom. The predicted octanol–water partition coefficient (Wildman–Crippen LogP) is 3.39. The first-order valence-corrected chi connectivity index (χ1v) is 21.1. The standard InChI is InChI=1S/C40H49N7O8S/c1-4-29-33-27(28-18-26(54-3)12-13-30(28)43-29)14-15-39(55-33)20-32-35(49)45-40(37(51)46-56(52,53)38(2)16-17-38)19-25(40)10-8-6-5-7-9-11-31(36(50)47(32)23-39)44-34(48)24-21-41-42-22-24/h8,10,12-13,18,21-22,25,31-32H,4-7,9,11,14-17,19-20,23H2,1-3H3,(H,41,42)(H,44,48)(H,45,49)(H,46,51). The lowest BCUT2D eigenvalue weighted by Gasteiger charge is -2.37. The number of ether oxygens (including phenoxy) is 2. The number of fused-ring (bicyclic) bond motifs is 5. The molecule has 4 N–H and O–H groups in total. The Hall–Kier alpha value is -4.99. The molecule has 1 saturated heterocycles. The molecule has 2 saturated carbocycles. The van der Waals surface area contributed by atoms with Crippen LogP contribution in [0.3, 0.4) is 0 Å². The number of allylic oxidation sites excluding steroid dienone is 1. The number of aromatic amines is 1. The first kappa shape index (κ1) is 37.9. The van der Waals surface area contributed by atoms with Crippen LogP contribution in [0.1, 0.15) is 99.7 Å². The van der Waals surface area contributed by atoms with Gasteiger partial charge in [0.25, 0.3) is 11.8 Å². The number of hydrogen-bond acceptors (Lipinski definition) is 10. The van der Waals surface area contributed by atoms with Crippen LogP contribution in [0, 0.1) is 5.92 Å². The second-order valence-corrected chi connectivity index (χ2v) is 18.5. The zero-order valence-corrected chi connectivity index (χ0v) is 32.8. The molecule has 5 unspecified atom stereocenters. The summed E-state index contributed by atoms with van der Waals surface area (Å²) in [5.74, 6) is -1.39. The van der Waals surface area contributed by atoms with Crippen molar-refractivity contribution in [1.29, 1.82) is 0 Å². The Balaban J connectivity index is 1.15. The highest BCUT2D eigenvalue weighted by Crippen LogP contribution is 2.49. The van der Waals surface area contributed by atoms with Gasteiger partial charge in [-0.25, -0.2) is 13.4 Å². The third-order valence-corrected chi connectivity index (χ3v) is 14.6. The van der Waals surface area contributed by atoms with Crippen LogP contribution in [0.25, 0.3) is 10.9 Å². The van der Waals surface area contributed by atoms with Crippen LogP contribution in [0.5, 0.6) is 11.5 Å². The van der Waals surface area contributed by atoms with E-state index in [0.29, 0.717) is 62.9 Å². The smallest absolute Gasteiger partial charge is 0.259 e. The number of pyridine rings is 1. The van der Waals surface area contributed by atoms with Crippen molar-refractivity contribution >= 4 is 44.6 Å². The summed E-state index contributed by atoms with van der Waals surface area (Å²) < 4.78 is 40.2. The molecule has 298 valence electrons. The van der Waals surface area contributed by atoms with Gasteiger partial charge in [-0.1, -0.05) is 31.9 Å². The van der Waals surface area contributed by atoms with Crippen molar-refractivity contribution in [3.8, 4) is 11.5 Å². The minimum Gasteiger partial charge on any atom is -0.497 e. The Labute approximate surface area is 325 Å². The van der Waals surface area contributed by atoms with E-state index in [1.165, 1.54) is 17.3 Å². The van der Waals surface area contributed by atoms with Gasteiger partial charge in [0, 0.05) is 29.5 Å². The molecule has 3 aliphatic heterocycles. The van der Waals surface area contributed by atoms with Crippen molar-refractivity contribution < 1.29 is 37.1 Å². The molecule has 4 amide bonds. The van der Waals surface area contributed by atoms with Crippen molar-refractivity contribution in [3.05, 3.63) is 59.6 Å². The van der Waals surface area contributed by atoms with Gasteiger partial charge < -0.3 is 25.0 Å². The fraction of sp³-hybridized carbons (Fsp3) is 0.550. The number of methoxy groups -OCH3 is 1. The average molecular weight is 788 g/mol. The minimum absolute atomic E-state index is 0.0516. The molecule has 5 heterocycles. The van der Waals surface area contributed by atoms with Gasteiger partial charge in [-0.15, -0.1) is 0 Å². The molecular weight excluding hydrogens is 739 g/mol. The molecule has 3 fully saturated rings. The monoisotopic (exact) mass is 787 g/mol. The Morgan fingerprint density at radius 2 is 1.95 bits per heavy atom. The third kappa shape index (κ3) is 6.79. The number of hydrogen-bond donors (Lipinski definition) is 4. The number of sulfonamides is 1. The maximum absolute atomic E-state index is 14.8. The van der Waals surface area contributed by atoms with E-state index < -0.39 is 67.5 Å². The summed E-state index contributed by atoms with van der Waals surface area (Å²) in [6.07, 6.45) is 12.8. The van der Waals surface area contributed by atoms with Crippen molar-refractivity contribution in [2.45, 2.75) is 119 Å². The number of aromatic nitrogens is 3. The van der Waals surface area contributed by atoms with E-state index in [9.17, 15) is 27.6 Å². The van der Waals surface area contributed by atoms with Crippen LogP contribution in [0.15, 0.2) is 42.7 Å². The van der Waals surface area contributed by atoms with E-state index in [2.05, 4.69) is 25.6 Å². The van der Waals surface area contributed by atoms with Gasteiger partial charge in [-0.3, -0.25) is 29.0 Å². The summed E-state index contributed by atoms with van der Waals surface area (Å²) in [7, 11) is -2.38. The molecule has 56 heavy (non-hydrogen) atoms. The first-order valence-electron chi connectivity index (χ1n) is 19.6. The number of amides is 4.